The molecule has 1 aliphatic heterocycles. The lowest BCUT2D eigenvalue weighted by Crippen LogP contribution is -2.45. The van der Waals surface area contributed by atoms with Crippen molar-refractivity contribution in [2.75, 3.05) is 44.6 Å². The smallest absolute Gasteiger partial charge is 0.262 e. The van der Waals surface area contributed by atoms with Crippen LogP contribution in [0.25, 0.3) is 0 Å². The van der Waals surface area contributed by atoms with Gasteiger partial charge in [0.15, 0.2) is 12.4 Å². The zero-order valence-corrected chi connectivity index (χ0v) is 23.8. The first-order chi connectivity index (χ1) is 18.2. The number of anilines is 1. The van der Waals surface area contributed by atoms with Crippen LogP contribution in [0, 0.1) is 5.92 Å². The first kappa shape index (κ1) is 30.0. The molecule has 4 N–H and O–H groups in total. The molecule has 2 aromatic carbocycles. The summed E-state index contributed by atoms with van der Waals surface area (Å²) in [6.45, 7) is 9.58. The van der Waals surface area contributed by atoms with Gasteiger partial charge in [-0.15, -0.1) is 0 Å². The number of rotatable bonds is 14. The number of carbonyl (C=O) groups excluding carboxylic acids is 2. The van der Waals surface area contributed by atoms with Crippen LogP contribution in [0.3, 0.4) is 0 Å². The van der Waals surface area contributed by atoms with Crippen LogP contribution in [0.1, 0.15) is 38.3 Å². The van der Waals surface area contributed by atoms with Gasteiger partial charge in [-0.3, -0.25) is 9.59 Å². The Labute approximate surface area is 235 Å². The summed E-state index contributed by atoms with van der Waals surface area (Å²) in [5.74, 6) is 0.701. The summed E-state index contributed by atoms with van der Waals surface area (Å²) in [5, 5.41) is 20.5. The van der Waals surface area contributed by atoms with E-state index in [1.165, 1.54) is 0 Å². The van der Waals surface area contributed by atoms with Crippen LogP contribution < -0.4 is 20.7 Å². The van der Waals surface area contributed by atoms with Crippen LogP contribution in [-0.4, -0.2) is 67.2 Å². The molecule has 8 nitrogen and oxygen atoms in total. The Kier molecular flexibility index (Phi) is 11.5. The molecule has 0 bridgehead atoms. The molecule has 3 rings (SSSR count). The molecule has 0 unspecified atom stereocenters. The average Bonchev–Trinajstić information content (AvgIpc) is 2.88. The zero-order valence-electron chi connectivity index (χ0n) is 22.3. The molecule has 0 fully saturated rings. The van der Waals surface area contributed by atoms with Crippen LogP contribution >= 0.6 is 23.2 Å². The van der Waals surface area contributed by atoms with Crippen LogP contribution in [0.15, 0.2) is 30.3 Å². The highest BCUT2D eigenvalue weighted by molar-refractivity contribution is 6.42. The molecule has 0 aliphatic carbocycles. The fourth-order valence-corrected chi connectivity index (χ4v) is 4.59. The second-order valence-corrected chi connectivity index (χ2v) is 10.7. The van der Waals surface area contributed by atoms with Gasteiger partial charge in [-0.2, -0.15) is 0 Å². The molecule has 0 saturated carbocycles. The normalized spacial score (nSPS) is 13.6. The van der Waals surface area contributed by atoms with Crippen LogP contribution in [0.5, 0.6) is 11.5 Å². The van der Waals surface area contributed by atoms with Gasteiger partial charge in [0, 0.05) is 32.1 Å². The lowest BCUT2D eigenvalue weighted by molar-refractivity contribution is -0.134. The Morgan fingerprint density at radius 2 is 1.79 bits per heavy atom. The average molecular weight is 566 g/mol. The number of nitrogens with one attached hydrogen (secondary N) is 3. The molecule has 0 radical (unpaired) electrons. The fraction of sp³-hybridized carbons (Fsp3) is 0.500. The standard InChI is InChI=1S/C28H38Cl2N4O4/c1-18(2)19(3)34(26(37)10-13-31-11-8-20-4-6-22(29)23(30)16-20)15-14-32-12-9-21-5-7-24(35)27-28(21)38-17-25(36)33-27/h4-7,16,18-19,31-32,35H,8-15,17H2,1-3H3,(H,33,36)/t19-/m1/s1. The number of amides is 2. The van der Waals surface area contributed by atoms with Crippen molar-refractivity contribution in [3.63, 3.8) is 0 Å². The van der Waals surface area contributed by atoms with Crippen molar-refractivity contribution in [1.29, 1.82) is 0 Å². The number of fused-ring (bicyclic) bond motifs is 1. The maximum atomic E-state index is 13.1. The predicted octanol–water partition coefficient (Wildman–Crippen LogP) is 4.26. The van der Waals surface area contributed by atoms with Crippen LogP contribution in [-0.2, 0) is 22.4 Å². The lowest BCUT2D eigenvalue weighted by atomic mass is 10.0. The van der Waals surface area contributed by atoms with E-state index in [4.69, 9.17) is 27.9 Å². The summed E-state index contributed by atoms with van der Waals surface area (Å²) in [4.78, 5) is 26.6. The van der Waals surface area contributed by atoms with Gasteiger partial charge in [-0.1, -0.05) is 49.2 Å². The monoisotopic (exact) mass is 564 g/mol. The maximum absolute atomic E-state index is 13.1. The van der Waals surface area contributed by atoms with E-state index < -0.39 is 0 Å². The summed E-state index contributed by atoms with van der Waals surface area (Å²) >= 11 is 12.1. The van der Waals surface area contributed by atoms with Crippen molar-refractivity contribution in [3.8, 4) is 11.5 Å². The summed E-state index contributed by atoms with van der Waals surface area (Å²) in [6.07, 6.45) is 1.90. The lowest BCUT2D eigenvalue weighted by Gasteiger charge is -2.32. The molecule has 1 atom stereocenters. The van der Waals surface area contributed by atoms with E-state index in [1.807, 2.05) is 17.0 Å². The summed E-state index contributed by atoms with van der Waals surface area (Å²) < 4.78 is 5.55. The Balaban J connectivity index is 1.42. The van der Waals surface area contributed by atoms with Crippen molar-refractivity contribution in [3.05, 3.63) is 51.5 Å². The van der Waals surface area contributed by atoms with E-state index in [9.17, 15) is 14.7 Å². The molecular formula is C28H38Cl2N4O4. The molecule has 1 heterocycles. The van der Waals surface area contributed by atoms with Crippen LogP contribution in [0.2, 0.25) is 10.0 Å². The van der Waals surface area contributed by atoms with E-state index in [0.29, 0.717) is 66.4 Å². The maximum Gasteiger partial charge on any atom is 0.262 e. The third-order valence-corrected chi connectivity index (χ3v) is 7.54. The van der Waals surface area contributed by atoms with E-state index in [2.05, 4.69) is 36.7 Å². The molecule has 0 spiro atoms. The fourth-order valence-electron chi connectivity index (χ4n) is 4.27. The van der Waals surface area contributed by atoms with Crippen molar-refractivity contribution < 1.29 is 19.4 Å². The van der Waals surface area contributed by atoms with E-state index in [1.54, 1.807) is 18.2 Å². The predicted molar refractivity (Wildman–Crippen MR) is 152 cm³/mol. The molecule has 38 heavy (non-hydrogen) atoms. The minimum atomic E-state index is -0.284. The van der Waals surface area contributed by atoms with Gasteiger partial charge in [-0.05, 0) is 68.1 Å². The number of halogens is 2. The second kappa shape index (κ2) is 14.6. The first-order valence-corrected chi connectivity index (χ1v) is 13.8. The number of ether oxygens (including phenoxy) is 1. The second-order valence-electron chi connectivity index (χ2n) is 9.86. The Morgan fingerprint density at radius 3 is 2.53 bits per heavy atom. The zero-order chi connectivity index (χ0) is 27.7. The van der Waals surface area contributed by atoms with Gasteiger partial charge < -0.3 is 30.7 Å². The highest BCUT2D eigenvalue weighted by Crippen LogP contribution is 2.39. The Bertz CT molecular complexity index is 1110. The van der Waals surface area contributed by atoms with Gasteiger partial charge in [0.2, 0.25) is 5.91 Å². The molecule has 1 aliphatic rings. The van der Waals surface area contributed by atoms with E-state index in [0.717, 1.165) is 24.1 Å². The number of carbonyl (C=O) groups is 2. The topological polar surface area (TPSA) is 103 Å². The summed E-state index contributed by atoms with van der Waals surface area (Å²) in [6, 6.07) is 9.12. The third kappa shape index (κ3) is 8.50. The molecule has 0 aromatic heterocycles. The number of hydrogen-bond acceptors (Lipinski definition) is 6. The summed E-state index contributed by atoms with van der Waals surface area (Å²) in [5.41, 5.74) is 2.33. The molecule has 0 saturated heterocycles. The van der Waals surface area contributed by atoms with Gasteiger partial charge in [0.1, 0.15) is 11.4 Å². The van der Waals surface area contributed by atoms with Gasteiger partial charge in [0.05, 0.1) is 10.0 Å². The molecule has 2 aromatic rings. The number of benzene rings is 2. The SMILES string of the molecule is CC(C)[C@@H](C)N(CCNCCc1ccc(O)c2c1OCC(=O)N2)C(=O)CCNCCc1ccc(Cl)c(Cl)c1. The largest absolute Gasteiger partial charge is 0.506 e. The Morgan fingerprint density at radius 1 is 1.05 bits per heavy atom. The number of hydrogen-bond donors (Lipinski definition) is 4. The first-order valence-electron chi connectivity index (χ1n) is 13.1. The van der Waals surface area contributed by atoms with Gasteiger partial charge in [0.25, 0.3) is 5.91 Å². The Hall–Kier alpha value is -2.52. The van der Waals surface area contributed by atoms with Crippen molar-refractivity contribution in [1.82, 2.24) is 15.5 Å². The quantitative estimate of drug-likeness (QED) is 0.202. The summed E-state index contributed by atoms with van der Waals surface area (Å²) in [7, 11) is 0. The van der Waals surface area contributed by atoms with E-state index >= 15 is 0 Å². The highest BCUT2D eigenvalue weighted by atomic mass is 35.5. The van der Waals surface area contributed by atoms with Crippen molar-refractivity contribution in [2.24, 2.45) is 5.92 Å². The number of phenols is 1. The number of phenolic OH excluding ortho intramolecular Hbond substituents is 1. The van der Waals surface area contributed by atoms with E-state index in [-0.39, 0.29) is 30.2 Å². The number of aromatic hydroxyl groups is 1. The molecule has 10 heteroatoms. The number of nitrogens with zero attached hydrogens (tertiary/aromatic N) is 1. The molecule has 2 amide bonds. The van der Waals surface area contributed by atoms with Gasteiger partial charge in [-0.25, -0.2) is 0 Å². The molecular weight excluding hydrogens is 527 g/mol. The molecule has 208 valence electrons. The minimum absolute atomic E-state index is 0.00884. The highest BCUT2D eigenvalue weighted by Gasteiger charge is 2.23. The minimum Gasteiger partial charge on any atom is -0.506 e. The third-order valence-electron chi connectivity index (χ3n) is 6.80. The van der Waals surface area contributed by atoms with Crippen molar-refractivity contribution in [2.45, 2.75) is 46.1 Å². The van der Waals surface area contributed by atoms with Gasteiger partial charge >= 0.3 is 0 Å². The van der Waals surface area contributed by atoms with Crippen molar-refractivity contribution >= 4 is 40.7 Å². The van der Waals surface area contributed by atoms with Crippen LogP contribution in [0.4, 0.5) is 5.69 Å².